The summed E-state index contributed by atoms with van der Waals surface area (Å²) in [4.78, 5) is 13.7. The van der Waals surface area contributed by atoms with Crippen LogP contribution < -0.4 is 43.1 Å². The lowest BCUT2D eigenvalue weighted by molar-refractivity contribution is -0.688. The molecule has 0 unspecified atom stereocenters. The van der Waals surface area contributed by atoms with Crippen LogP contribution in [0, 0.1) is 0 Å². The molecule has 2 aromatic heterocycles. The van der Waals surface area contributed by atoms with Gasteiger partial charge in [-0.15, -0.1) is 0 Å². The topological polar surface area (TPSA) is 68.8 Å². The smallest absolute Gasteiger partial charge is 0.244 e. The first-order chi connectivity index (χ1) is 20.9. The third kappa shape index (κ3) is 7.08. The van der Waals surface area contributed by atoms with E-state index in [1.54, 1.807) is 24.3 Å². The molecule has 7 aliphatic rings. The summed E-state index contributed by atoms with van der Waals surface area (Å²) in [6.07, 6.45) is 12.1. The Morgan fingerprint density at radius 1 is 0.511 bits per heavy atom. The molecule has 0 saturated heterocycles. The SMILES string of the molecule is O=C1c2ccc(cc2)C[n+]2ccn(c2)Cc2ccc(cc2)S(=O)(=O)c2ccc(cc2)Cn2cc[n+](c2)Cc2ccc1cc2.[Br-].[Br-]. The summed E-state index contributed by atoms with van der Waals surface area (Å²) in [5.41, 5.74) is 5.52. The highest BCUT2D eigenvalue weighted by molar-refractivity contribution is 7.91. The van der Waals surface area contributed by atoms with Crippen molar-refractivity contribution in [1.29, 1.82) is 0 Å². The van der Waals surface area contributed by atoms with E-state index in [0.717, 1.165) is 22.3 Å². The molecule has 9 heterocycles. The number of aromatic nitrogens is 4. The van der Waals surface area contributed by atoms with Crippen LogP contribution in [0.2, 0.25) is 0 Å². The summed E-state index contributed by atoms with van der Waals surface area (Å²) in [6.45, 7) is 2.58. The summed E-state index contributed by atoms with van der Waals surface area (Å²) in [6, 6.07) is 29.7. The van der Waals surface area contributed by atoms with E-state index < -0.39 is 9.84 Å². The van der Waals surface area contributed by atoms with Gasteiger partial charge in [-0.25, -0.2) is 26.7 Å². The molecule has 10 heteroatoms. The van der Waals surface area contributed by atoms with E-state index in [-0.39, 0.29) is 49.5 Å². The second-order valence-corrected chi connectivity index (χ2v) is 13.0. The minimum absolute atomic E-state index is 0. The van der Waals surface area contributed by atoms with E-state index in [9.17, 15) is 13.2 Å². The largest absolute Gasteiger partial charge is 1.00 e. The highest BCUT2D eigenvalue weighted by Gasteiger charge is 2.18. The number of halogens is 2. The van der Waals surface area contributed by atoms with Gasteiger partial charge in [-0.3, -0.25) is 4.79 Å². The number of hydrogen-bond donors (Lipinski definition) is 0. The molecule has 0 atom stereocenters. The highest BCUT2D eigenvalue weighted by atomic mass is 79.9. The Bertz CT molecular complexity index is 1890. The fourth-order valence-electron chi connectivity index (χ4n) is 5.47. The zero-order valence-electron chi connectivity index (χ0n) is 24.2. The minimum Gasteiger partial charge on any atom is -1.00 e. The summed E-state index contributed by atoms with van der Waals surface area (Å²) in [5.74, 6) is 0.00806. The first kappa shape index (κ1) is 32.3. The number of sulfone groups is 1. The van der Waals surface area contributed by atoms with Crippen molar-refractivity contribution in [1.82, 2.24) is 9.13 Å². The third-order valence-corrected chi connectivity index (χ3v) is 9.64. The van der Waals surface area contributed by atoms with E-state index in [0.29, 0.717) is 37.3 Å². The average Bonchev–Trinajstić information content (AvgIpc) is 3.66. The molecular formula is C35H30Br2N4O3S. The van der Waals surface area contributed by atoms with E-state index in [1.165, 1.54) is 0 Å². The van der Waals surface area contributed by atoms with Crippen molar-refractivity contribution < 1.29 is 56.3 Å². The van der Waals surface area contributed by atoms with Crippen LogP contribution in [0.5, 0.6) is 0 Å². The zero-order valence-corrected chi connectivity index (χ0v) is 28.2. The molecule has 228 valence electrons. The Balaban J connectivity index is 0.00000200. The Morgan fingerprint density at radius 3 is 1.24 bits per heavy atom. The van der Waals surface area contributed by atoms with E-state index in [2.05, 4.69) is 18.3 Å². The Morgan fingerprint density at radius 2 is 0.867 bits per heavy atom. The van der Waals surface area contributed by atoms with Crippen molar-refractivity contribution in [3.63, 3.8) is 0 Å². The van der Waals surface area contributed by atoms with Gasteiger partial charge in [-0.2, -0.15) is 0 Å². The van der Waals surface area contributed by atoms with Gasteiger partial charge in [0, 0.05) is 11.1 Å². The van der Waals surface area contributed by atoms with Crippen LogP contribution in [-0.4, -0.2) is 23.3 Å². The lowest BCUT2D eigenvalue weighted by Gasteiger charge is -2.07. The molecule has 0 amide bonds. The molecule has 4 aromatic carbocycles. The number of imidazole rings is 2. The first-order valence-corrected chi connectivity index (χ1v) is 15.6. The molecule has 0 radical (unpaired) electrons. The summed E-state index contributed by atoms with van der Waals surface area (Å²) < 4.78 is 35.0. The van der Waals surface area contributed by atoms with Gasteiger partial charge in [0.1, 0.15) is 51.0 Å². The van der Waals surface area contributed by atoms with Gasteiger partial charge >= 0.3 is 0 Å². The molecule has 0 aliphatic carbocycles. The monoisotopic (exact) mass is 744 g/mol. The van der Waals surface area contributed by atoms with E-state index in [4.69, 9.17) is 0 Å². The summed E-state index contributed by atoms with van der Waals surface area (Å²) in [7, 11) is -3.62. The molecule has 0 fully saturated rings. The molecule has 0 N–H and O–H groups in total. The highest BCUT2D eigenvalue weighted by Crippen LogP contribution is 2.22. The van der Waals surface area contributed by atoms with E-state index in [1.807, 2.05) is 110 Å². The van der Waals surface area contributed by atoms with Crippen LogP contribution in [0.1, 0.15) is 38.2 Å². The number of rotatable bonds is 0. The van der Waals surface area contributed by atoms with Gasteiger partial charge in [0.25, 0.3) is 0 Å². The maximum absolute atomic E-state index is 13.3. The van der Waals surface area contributed by atoms with Gasteiger partial charge < -0.3 is 34.0 Å². The molecule has 0 saturated carbocycles. The lowest BCUT2D eigenvalue weighted by Crippen LogP contribution is -3.00. The summed E-state index contributed by atoms with van der Waals surface area (Å²) >= 11 is 0. The third-order valence-electron chi connectivity index (χ3n) is 7.85. The van der Waals surface area contributed by atoms with Crippen LogP contribution in [0.15, 0.2) is 144 Å². The second-order valence-electron chi connectivity index (χ2n) is 11.0. The Kier molecular flexibility index (Phi) is 9.67. The quantitative estimate of drug-likeness (QED) is 0.177. The van der Waals surface area contributed by atoms with E-state index >= 15 is 0 Å². The van der Waals surface area contributed by atoms with Crippen LogP contribution in [0.4, 0.5) is 0 Å². The van der Waals surface area contributed by atoms with Crippen LogP contribution in [0.3, 0.4) is 0 Å². The number of hydrogen-bond acceptors (Lipinski definition) is 3. The molecule has 13 rings (SSSR count). The number of nitrogens with zero attached hydrogens (tertiary/aromatic N) is 4. The van der Waals surface area contributed by atoms with Gasteiger partial charge in [-0.05, 0) is 46.5 Å². The van der Waals surface area contributed by atoms with Crippen molar-refractivity contribution in [3.05, 3.63) is 168 Å². The van der Waals surface area contributed by atoms with Gasteiger partial charge in [0.05, 0.1) is 9.79 Å². The predicted molar refractivity (Wildman–Crippen MR) is 160 cm³/mol. The summed E-state index contributed by atoms with van der Waals surface area (Å²) in [5, 5.41) is 0. The van der Waals surface area contributed by atoms with Crippen molar-refractivity contribution in [2.45, 2.75) is 36.0 Å². The van der Waals surface area contributed by atoms with Crippen molar-refractivity contribution >= 4 is 15.6 Å². The van der Waals surface area contributed by atoms with Crippen molar-refractivity contribution in [2.24, 2.45) is 0 Å². The molecule has 0 spiro atoms. The van der Waals surface area contributed by atoms with Crippen molar-refractivity contribution in [3.8, 4) is 0 Å². The van der Waals surface area contributed by atoms with Crippen LogP contribution >= 0.6 is 0 Å². The average molecular weight is 747 g/mol. The maximum Gasteiger partial charge on any atom is 0.244 e. The number of carbonyl (C=O) groups excluding carboxylic acids is 1. The first-order valence-electron chi connectivity index (χ1n) is 14.1. The molecule has 7 aliphatic heterocycles. The standard InChI is InChI=1S/C35H30N4O3S.2BrH/c40-35-31-9-1-27(2-10-31)21-36-17-19-38(25-36)23-29-5-13-33(14-6-29)43(41,42)34-15-7-30(8-16-34)24-39-20-18-37(26-39)22-28-3-11-32(35)12-4-28;;/h1-20,25-26H,21-24H2;2*1H/q+2;;/p-2. The Hall–Kier alpha value is -4.12. The van der Waals surface area contributed by atoms with Gasteiger partial charge in [0.15, 0.2) is 5.78 Å². The number of benzene rings is 4. The normalized spacial score (nSPS) is 13.9. The van der Waals surface area contributed by atoms with Crippen LogP contribution in [-0.2, 0) is 36.0 Å². The minimum atomic E-state index is -3.62. The number of carbonyl (C=O) groups is 1. The molecule has 7 nitrogen and oxygen atoms in total. The lowest BCUT2D eigenvalue weighted by atomic mass is 10.0. The molecule has 12 bridgehead atoms. The van der Waals surface area contributed by atoms with Gasteiger partial charge in [0.2, 0.25) is 22.5 Å². The molecule has 6 aromatic rings. The fourth-order valence-corrected chi connectivity index (χ4v) is 6.73. The van der Waals surface area contributed by atoms with Gasteiger partial charge in [-0.1, -0.05) is 72.8 Å². The second kappa shape index (κ2) is 13.5. The Labute approximate surface area is 283 Å². The molecule has 45 heavy (non-hydrogen) atoms. The van der Waals surface area contributed by atoms with Crippen LogP contribution in [0.25, 0.3) is 0 Å². The number of ketones is 1. The van der Waals surface area contributed by atoms with Crippen molar-refractivity contribution in [2.75, 3.05) is 0 Å². The maximum atomic E-state index is 13.3. The fraction of sp³-hybridized carbons (Fsp3) is 0.114. The predicted octanol–water partition coefficient (Wildman–Crippen LogP) is -1.56. The molecular weight excluding hydrogens is 716 g/mol. The zero-order chi connectivity index (χ0) is 29.4.